The molecule has 2 saturated heterocycles. The van der Waals surface area contributed by atoms with Crippen LogP contribution in [0.3, 0.4) is 0 Å². The minimum absolute atomic E-state index is 0.250. The predicted molar refractivity (Wildman–Crippen MR) is 140 cm³/mol. The first-order chi connectivity index (χ1) is 18.0. The number of anilines is 2. The second-order valence-corrected chi connectivity index (χ2v) is 9.74. The van der Waals surface area contributed by atoms with E-state index in [0.29, 0.717) is 29.4 Å². The summed E-state index contributed by atoms with van der Waals surface area (Å²) in [5.74, 6) is -1.04. The average molecular weight is 503 g/mol. The Bertz CT molecular complexity index is 1400. The summed E-state index contributed by atoms with van der Waals surface area (Å²) in [6, 6.07) is 17.4. The summed E-state index contributed by atoms with van der Waals surface area (Å²) >= 11 is 0. The Morgan fingerprint density at radius 3 is 2.32 bits per heavy atom. The van der Waals surface area contributed by atoms with Crippen molar-refractivity contribution < 1.29 is 13.6 Å². The number of benzene rings is 3. The van der Waals surface area contributed by atoms with Gasteiger partial charge in [-0.15, -0.1) is 0 Å². The number of nitrogens with zero attached hydrogens (tertiary/aromatic N) is 3. The Morgan fingerprint density at radius 2 is 1.65 bits per heavy atom. The van der Waals surface area contributed by atoms with Crippen molar-refractivity contribution in [3.8, 4) is 0 Å². The third kappa shape index (κ3) is 5.05. The molecule has 6 rings (SSSR count). The van der Waals surface area contributed by atoms with Gasteiger partial charge in [0.05, 0.1) is 5.52 Å². The molecule has 2 aliphatic rings. The summed E-state index contributed by atoms with van der Waals surface area (Å²) < 4.78 is 27.2. The SMILES string of the molecule is O=C(Nc1n[nH]c2ccc(Cc3cc(F)cc(F)c3)cc12)c1ccc(N2CCN(C3CNC3)CC2)cc1. The maximum absolute atomic E-state index is 13.6. The molecule has 7 nitrogen and oxygen atoms in total. The van der Waals surface area contributed by atoms with E-state index < -0.39 is 11.6 Å². The molecule has 3 aromatic carbocycles. The zero-order valence-electron chi connectivity index (χ0n) is 20.3. The molecule has 3 heterocycles. The van der Waals surface area contributed by atoms with E-state index in [-0.39, 0.29) is 5.91 Å². The van der Waals surface area contributed by atoms with E-state index >= 15 is 0 Å². The molecule has 0 bridgehead atoms. The van der Waals surface area contributed by atoms with Crippen molar-refractivity contribution in [2.75, 3.05) is 49.5 Å². The Hall–Kier alpha value is -3.82. The molecule has 0 aliphatic carbocycles. The quantitative estimate of drug-likeness (QED) is 0.374. The summed E-state index contributed by atoms with van der Waals surface area (Å²) in [6.07, 6.45) is 0.358. The van der Waals surface area contributed by atoms with E-state index in [0.717, 1.165) is 67.5 Å². The van der Waals surface area contributed by atoms with Crippen LogP contribution in [0.1, 0.15) is 21.5 Å². The molecular weight excluding hydrogens is 474 g/mol. The predicted octanol–water partition coefficient (Wildman–Crippen LogP) is 3.78. The number of piperazine rings is 1. The van der Waals surface area contributed by atoms with Gasteiger partial charge >= 0.3 is 0 Å². The average Bonchev–Trinajstić information content (AvgIpc) is 3.25. The zero-order valence-corrected chi connectivity index (χ0v) is 20.3. The van der Waals surface area contributed by atoms with E-state index in [4.69, 9.17) is 0 Å². The second-order valence-electron chi connectivity index (χ2n) is 9.74. The van der Waals surface area contributed by atoms with Crippen LogP contribution < -0.4 is 15.5 Å². The van der Waals surface area contributed by atoms with E-state index in [9.17, 15) is 13.6 Å². The van der Waals surface area contributed by atoms with Gasteiger partial charge in [-0.1, -0.05) is 6.07 Å². The third-order valence-corrected chi connectivity index (χ3v) is 7.28. The van der Waals surface area contributed by atoms with Crippen LogP contribution in [0.5, 0.6) is 0 Å². The summed E-state index contributed by atoms with van der Waals surface area (Å²) in [4.78, 5) is 17.9. The van der Waals surface area contributed by atoms with Crippen molar-refractivity contribution in [2.24, 2.45) is 0 Å². The lowest BCUT2D eigenvalue weighted by Gasteiger charge is -2.43. The molecule has 0 saturated carbocycles. The van der Waals surface area contributed by atoms with Crippen molar-refractivity contribution in [3.63, 3.8) is 0 Å². The number of hydrogen-bond acceptors (Lipinski definition) is 5. The smallest absolute Gasteiger partial charge is 0.256 e. The fourth-order valence-corrected chi connectivity index (χ4v) is 5.10. The van der Waals surface area contributed by atoms with Gasteiger partial charge in [-0.3, -0.25) is 14.8 Å². The van der Waals surface area contributed by atoms with Gasteiger partial charge in [0.15, 0.2) is 5.82 Å². The van der Waals surface area contributed by atoms with Gasteiger partial charge in [0, 0.05) is 68.0 Å². The maximum Gasteiger partial charge on any atom is 0.256 e. The molecule has 3 N–H and O–H groups in total. The molecule has 2 aliphatic heterocycles. The summed E-state index contributed by atoms with van der Waals surface area (Å²) in [5.41, 5.74) is 3.81. The van der Waals surface area contributed by atoms with Crippen molar-refractivity contribution in [3.05, 3.63) is 89.0 Å². The van der Waals surface area contributed by atoms with Gasteiger partial charge in [-0.25, -0.2) is 8.78 Å². The lowest BCUT2D eigenvalue weighted by atomic mass is 10.0. The number of halogens is 2. The molecule has 2 fully saturated rings. The lowest BCUT2D eigenvalue weighted by molar-refractivity contribution is 0.102. The van der Waals surface area contributed by atoms with Crippen LogP contribution in [-0.4, -0.2) is 66.3 Å². The minimum Gasteiger partial charge on any atom is -0.369 e. The molecule has 1 aromatic heterocycles. The number of hydrogen-bond donors (Lipinski definition) is 3. The Morgan fingerprint density at radius 1 is 0.919 bits per heavy atom. The zero-order chi connectivity index (χ0) is 25.4. The van der Waals surface area contributed by atoms with Gasteiger partial charge in [-0.2, -0.15) is 5.10 Å². The molecule has 37 heavy (non-hydrogen) atoms. The van der Waals surface area contributed by atoms with Crippen LogP contribution in [-0.2, 0) is 6.42 Å². The fourth-order valence-electron chi connectivity index (χ4n) is 5.10. The molecule has 4 aromatic rings. The highest BCUT2D eigenvalue weighted by atomic mass is 19.1. The van der Waals surface area contributed by atoms with Crippen LogP contribution in [0.4, 0.5) is 20.3 Å². The number of aromatic amines is 1. The first-order valence-corrected chi connectivity index (χ1v) is 12.5. The maximum atomic E-state index is 13.6. The number of H-pyrrole nitrogens is 1. The van der Waals surface area contributed by atoms with E-state index in [1.165, 1.54) is 12.1 Å². The van der Waals surface area contributed by atoms with Crippen LogP contribution in [0.25, 0.3) is 10.9 Å². The standard InChI is InChI=1S/C28H28F2N6O/c29-21-12-19(13-22(30)15-21)11-18-1-6-26-25(14-18)27(34-33-26)32-28(37)20-2-4-23(5-3-20)35-7-9-36(10-8-35)24-16-31-17-24/h1-6,12-15,24,31H,7-11,16-17H2,(H2,32,33,34,37). The first kappa shape index (κ1) is 23.6. The molecule has 0 unspecified atom stereocenters. The Balaban J connectivity index is 1.12. The van der Waals surface area contributed by atoms with Gasteiger partial charge in [0.25, 0.3) is 5.91 Å². The minimum atomic E-state index is -0.605. The largest absolute Gasteiger partial charge is 0.369 e. The number of fused-ring (bicyclic) bond motifs is 1. The second kappa shape index (κ2) is 9.91. The van der Waals surface area contributed by atoms with Crippen LogP contribution in [0, 0.1) is 11.6 Å². The summed E-state index contributed by atoms with van der Waals surface area (Å²) in [6.45, 7) is 6.23. The number of carbonyl (C=O) groups excluding carboxylic acids is 1. The first-order valence-electron chi connectivity index (χ1n) is 12.5. The molecule has 9 heteroatoms. The molecule has 0 atom stereocenters. The normalized spacial score (nSPS) is 16.6. The van der Waals surface area contributed by atoms with Crippen molar-refractivity contribution in [2.45, 2.75) is 12.5 Å². The van der Waals surface area contributed by atoms with Gasteiger partial charge in [-0.05, 0) is 66.1 Å². The number of amides is 1. The number of aromatic nitrogens is 2. The molecule has 0 spiro atoms. The lowest BCUT2D eigenvalue weighted by Crippen LogP contribution is -2.61. The number of nitrogens with one attached hydrogen (secondary N) is 3. The van der Waals surface area contributed by atoms with E-state index in [1.54, 1.807) is 0 Å². The number of rotatable bonds is 6. The highest BCUT2D eigenvalue weighted by Gasteiger charge is 2.27. The molecule has 190 valence electrons. The van der Waals surface area contributed by atoms with Gasteiger partial charge in [0.2, 0.25) is 0 Å². The van der Waals surface area contributed by atoms with Crippen LogP contribution in [0.2, 0.25) is 0 Å². The Kier molecular flexibility index (Phi) is 6.31. The summed E-state index contributed by atoms with van der Waals surface area (Å²) in [7, 11) is 0. The van der Waals surface area contributed by atoms with E-state index in [2.05, 4.69) is 30.6 Å². The van der Waals surface area contributed by atoms with Crippen LogP contribution in [0.15, 0.2) is 60.7 Å². The van der Waals surface area contributed by atoms with Crippen LogP contribution >= 0.6 is 0 Å². The fraction of sp³-hybridized carbons (Fsp3) is 0.286. The van der Waals surface area contributed by atoms with E-state index in [1.807, 2.05) is 42.5 Å². The monoisotopic (exact) mass is 502 g/mol. The molecular formula is C28H28F2N6O. The van der Waals surface area contributed by atoms with Crippen molar-refractivity contribution in [1.82, 2.24) is 20.4 Å². The topological polar surface area (TPSA) is 76.3 Å². The highest BCUT2D eigenvalue weighted by molar-refractivity contribution is 6.08. The summed E-state index contributed by atoms with van der Waals surface area (Å²) in [5, 5.41) is 14.2. The van der Waals surface area contributed by atoms with Crippen molar-refractivity contribution >= 4 is 28.3 Å². The highest BCUT2D eigenvalue weighted by Crippen LogP contribution is 2.25. The van der Waals surface area contributed by atoms with Crippen molar-refractivity contribution in [1.29, 1.82) is 0 Å². The molecule has 1 amide bonds. The van der Waals surface area contributed by atoms with Gasteiger partial charge in [0.1, 0.15) is 11.6 Å². The Labute approximate surface area is 213 Å². The number of carbonyl (C=O) groups is 1. The molecule has 0 radical (unpaired) electrons. The third-order valence-electron chi connectivity index (χ3n) is 7.28. The van der Waals surface area contributed by atoms with Gasteiger partial charge < -0.3 is 15.5 Å².